The van der Waals surface area contributed by atoms with E-state index in [0.717, 1.165) is 29.0 Å². The number of fused-ring (bicyclic) bond motifs is 3. The van der Waals surface area contributed by atoms with Crippen LogP contribution in [0.3, 0.4) is 0 Å². The second-order valence-electron chi connectivity index (χ2n) is 6.96. The van der Waals surface area contributed by atoms with Crippen molar-refractivity contribution in [3.63, 3.8) is 0 Å². The molecule has 23 heavy (non-hydrogen) atoms. The van der Waals surface area contributed by atoms with E-state index in [2.05, 4.69) is 9.88 Å². The number of hydrogen-bond donors (Lipinski definition) is 1. The van der Waals surface area contributed by atoms with Crippen molar-refractivity contribution in [1.82, 2.24) is 14.9 Å². The van der Waals surface area contributed by atoms with E-state index in [1.165, 1.54) is 74.9 Å². The zero-order valence-electron chi connectivity index (χ0n) is 13.8. The lowest BCUT2D eigenvalue weighted by Crippen LogP contribution is -2.25. The molecular formula is C18H26N4S. The van der Waals surface area contributed by atoms with Crippen LogP contribution < -0.4 is 5.73 Å². The van der Waals surface area contributed by atoms with E-state index in [-0.39, 0.29) is 0 Å². The van der Waals surface area contributed by atoms with Crippen LogP contribution >= 0.6 is 11.3 Å². The summed E-state index contributed by atoms with van der Waals surface area (Å²) in [6.45, 7) is 3.19. The van der Waals surface area contributed by atoms with Gasteiger partial charge in [0.25, 0.3) is 0 Å². The van der Waals surface area contributed by atoms with Crippen LogP contribution in [0.1, 0.15) is 61.2 Å². The van der Waals surface area contributed by atoms with Crippen LogP contribution in [0.15, 0.2) is 0 Å². The molecule has 124 valence electrons. The molecule has 1 aliphatic heterocycles. The van der Waals surface area contributed by atoms with Gasteiger partial charge in [0.15, 0.2) is 0 Å². The third kappa shape index (κ3) is 3.22. The first kappa shape index (κ1) is 15.3. The highest BCUT2D eigenvalue weighted by molar-refractivity contribution is 7.18. The van der Waals surface area contributed by atoms with Gasteiger partial charge in [-0.1, -0.05) is 19.3 Å². The van der Waals surface area contributed by atoms with Gasteiger partial charge < -0.3 is 5.73 Å². The Morgan fingerprint density at radius 2 is 1.65 bits per heavy atom. The summed E-state index contributed by atoms with van der Waals surface area (Å²) < 4.78 is 0. The molecule has 1 fully saturated rings. The van der Waals surface area contributed by atoms with E-state index in [1.807, 2.05) is 11.3 Å². The van der Waals surface area contributed by atoms with Gasteiger partial charge in [-0.25, -0.2) is 9.97 Å². The molecule has 0 bridgehead atoms. The van der Waals surface area contributed by atoms with E-state index < -0.39 is 0 Å². The molecule has 0 amide bonds. The normalized spacial score (nSPS) is 20.2. The molecule has 1 saturated heterocycles. The molecule has 0 atom stereocenters. The lowest BCUT2D eigenvalue weighted by molar-refractivity contribution is 0.270. The minimum absolute atomic E-state index is 0.708. The Balaban J connectivity index is 1.64. The summed E-state index contributed by atoms with van der Waals surface area (Å²) in [6.07, 6.45) is 11.5. The molecule has 2 aromatic heterocycles. The van der Waals surface area contributed by atoms with Gasteiger partial charge in [0.05, 0.1) is 11.9 Å². The largest absolute Gasteiger partial charge is 0.383 e. The molecule has 0 radical (unpaired) electrons. The summed E-state index contributed by atoms with van der Waals surface area (Å²) in [4.78, 5) is 14.7. The van der Waals surface area contributed by atoms with Crippen molar-refractivity contribution >= 4 is 27.4 Å². The molecule has 2 aromatic rings. The molecule has 4 rings (SSSR count). The molecule has 5 heteroatoms. The fourth-order valence-corrected chi connectivity index (χ4v) is 5.26. The number of anilines is 1. The van der Waals surface area contributed by atoms with Crippen molar-refractivity contribution in [2.24, 2.45) is 0 Å². The summed E-state index contributed by atoms with van der Waals surface area (Å²) >= 11 is 1.86. The van der Waals surface area contributed by atoms with Gasteiger partial charge in [-0.05, 0) is 57.2 Å². The molecule has 0 spiro atoms. The van der Waals surface area contributed by atoms with Crippen molar-refractivity contribution in [3.8, 4) is 0 Å². The van der Waals surface area contributed by atoms with Crippen LogP contribution in [0.4, 0.5) is 5.82 Å². The number of hydrogen-bond acceptors (Lipinski definition) is 5. The summed E-state index contributed by atoms with van der Waals surface area (Å²) in [5, 5.41) is 1.16. The molecular weight excluding hydrogens is 304 g/mol. The maximum atomic E-state index is 6.35. The molecule has 3 heterocycles. The number of nitrogens with two attached hydrogens (primary N) is 1. The van der Waals surface area contributed by atoms with E-state index in [9.17, 15) is 0 Å². The predicted octanol–water partition coefficient (Wildman–Crippen LogP) is 3.92. The third-order valence-electron chi connectivity index (χ3n) is 5.20. The first-order chi connectivity index (χ1) is 11.3. The predicted molar refractivity (Wildman–Crippen MR) is 96.8 cm³/mol. The minimum Gasteiger partial charge on any atom is -0.383 e. The van der Waals surface area contributed by atoms with Crippen molar-refractivity contribution < 1.29 is 0 Å². The van der Waals surface area contributed by atoms with Crippen molar-refractivity contribution in [2.75, 3.05) is 18.8 Å². The Kier molecular flexibility index (Phi) is 4.49. The van der Waals surface area contributed by atoms with Crippen LogP contribution in [0.25, 0.3) is 10.2 Å². The lowest BCUT2D eigenvalue weighted by atomic mass is 10.1. The first-order valence-corrected chi connectivity index (χ1v) is 9.92. The number of aromatic nitrogens is 2. The zero-order valence-corrected chi connectivity index (χ0v) is 14.6. The average Bonchev–Trinajstić information content (AvgIpc) is 2.74. The molecule has 0 aromatic carbocycles. The van der Waals surface area contributed by atoms with Crippen molar-refractivity contribution in [3.05, 3.63) is 16.3 Å². The van der Waals surface area contributed by atoms with Crippen molar-refractivity contribution in [2.45, 2.75) is 64.3 Å². The first-order valence-electron chi connectivity index (χ1n) is 9.10. The molecule has 0 unspecified atom stereocenters. The van der Waals surface area contributed by atoms with Crippen LogP contribution in [-0.2, 0) is 19.4 Å². The number of aryl methyl sites for hydroxylation is 2. The quantitative estimate of drug-likeness (QED) is 0.848. The Morgan fingerprint density at radius 3 is 2.48 bits per heavy atom. The molecule has 0 saturated carbocycles. The van der Waals surface area contributed by atoms with Gasteiger partial charge in [0.1, 0.15) is 16.5 Å². The monoisotopic (exact) mass is 330 g/mol. The molecule has 4 nitrogen and oxygen atoms in total. The number of rotatable bonds is 2. The smallest absolute Gasteiger partial charge is 0.146 e. The van der Waals surface area contributed by atoms with Crippen LogP contribution in [0, 0.1) is 0 Å². The standard InChI is InChI=1S/C18H26N4S/c19-17-16-13-8-4-3-5-9-14(13)23-18(16)21-15(20-17)12-22-10-6-1-2-7-11-22/h1-12H2,(H2,19,20,21). The highest BCUT2D eigenvalue weighted by atomic mass is 32.1. The van der Waals surface area contributed by atoms with E-state index in [0.29, 0.717) is 5.82 Å². The Labute approximate surface area is 142 Å². The Bertz CT molecular complexity index is 686. The topological polar surface area (TPSA) is 55.0 Å². The van der Waals surface area contributed by atoms with E-state index in [4.69, 9.17) is 10.7 Å². The lowest BCUT2D eigenvalue weighted by Gasteiger charge is -2.18. The maximum absolute atomic E-state index is 6.35. The van der Waals surface area contributed by atoms with Gasteiger partial charge >= 0.3 is 0 Å². The summed E-state index contributed by atoms with van der Waals surface area (Å²) in [5.74, 6) is 1.62. The van der Waals surface area contributed by atoms with E-state index >= 15 is 0 Å². The summed E-state index contributed by atoms with van der Waals surface area (Å²) in [7, 11) is 0. The number of thiophene rings is 1. The second kappa shape index (κ2) is 6.73. The highest BCUT2D eigenvalue weighted by Crippen LogP contribution is 2.37. The van der Waals surface area contributed by atoms with Crippen molar-refractivity contribution in [1.29, 1.82) is 0 Å². The fraction of sp³-hybridized carbons (Fsp3) is 0.667. The van der Waals surface area contributed by atoms with Gasteiger partial charge in [0.2, 0.25) is 0 Å². The maximum Gasteiger partial charge on any atom is 0.146 e. The van der Waals surface area contributed by atoms with Gasteiger partial charge in [0, 0.05) is 4.88 Å². The minimum atomic E-state index is 0.708. The molecule has 1 aliphatic carbocycles. The number of likely N-dealkylation sites (tertiary alicyclic amines) is 1. The van der Waals surface area contributed by atoms with Crippen LogP contribution in [0.2, 0.25) is 0 Å². The second-order valence-corrected chi connectivity index (χ2v) is 8.04. The van der Waals surface area contributed by atoms with Gasteiger partial charge in [-0.3, -0.25) is 4.90 Å². The molecule has 2 aliphatic rings. The van der Waals surface area contributed by atoms with Gasteiger partial charge in [-0.2, -0.15) is 0 Å². The third-order valence-corrected chi connectivity index (χ3v) is 6.39. The zero-order chi connectivity index (χ0) is 15.6. The summed E-state index contributed by atoms with van der Waals surface area (Å²) in [6, 6.07) is 0. The Morgan fingerprint density at radius 1 is 0.913 bits per heavy atom. The average molecular weight is 331 g/mol. The molecule has 2 N–H and O–H groups in total. The number of nitrogens with zero attached hydrogens (tertiary/aromatic N) is 3. The van der Waals surface area contributed by atoms with E-state index in [1.54, 1.807) is 0 Å². The van der Waals surface area contributed by atoms with Crippen LogP contribution in [-0.4, -0.2) is 28.0 Å². The number of nitrogen functional groups attached to an aromatic ring is 1. The SMILES string of the molecule is Nc1nc(CN2CCCCCC2)nc2sc3c(c12)CCCCC3. The highest BCUT2D eigenvalue weighted by Gasteiger charge is 2.20. The summed E-state index contributed by atoms with van der Waals surface area (Å²) in [5.41, 5.74) is 7.80. The van der Waals surface area contributed by atoms with Gasteiger partial charge in [-0.15, -0.1) is 11.3 Å². The Hall–Kier alpha value is -1.20. The fourth-order valence-electron chi connectivity index (χ4n) is 3.97. The van der Waals surface area contributed by atoms with Crippen LogP contribution in [0.5, 0.6) is 0 Å².